The van der Waals surface area contributed by atoms with Gasteiger partial charge in [0.2, 0.25) is 0 Å². The summed E-state index contributed by atoms with van der Waals surface area (Å²) in [7, 11) is 0. The molecule has 2 N–H and O–H groups in total. The summed E-state index contributed by atoms with van der Waals surface area (Å²) in [6.07, 6.45) is 3.26. The highest BCUT2D eigenvalue weighted by Crippen LogP contribution is 2.21. The summed E-state index contributed by atoms with van der Waals surface area (Å²) >= 11 is 5.97. The molecule has 1 amide bonds. The predicted molar refractivity (Wildman–Crippen MR) is 91.7 cm³/mol. The predicted octanol–water partition coefficient (Wildman–Crippen LogP) is 4.36. The quantitative estimate of drug-likeness (QED) is 0.861. The van der Waals surface area contributed by atoms with Crippen LogP contribution in [0.3, 0.4) is 0 Å². The SMILES string of the molecule is Cc1ccc(Cl)cc1NC(=O)c1cncc(NCC(C)C)c1. The van der Waals surface area contributed by atoms with Gasteiger partial charge in [-0.15, -0.1) is 0 Å². The molecular weight excluding hydrogens is 298 g/mol. The molecule has 0 saturated carbocycles. The zero-order valence-corrected chi connectivity index (χ0v) is 13.7. The number of aryl methyl sites for hydroxylation is 1. The lowest BCUT2D eigenvalue weighted by Crippen LogP contribution is -2.14. The minimum atomic E-state index is -0.203. The Labute approximate surface area is 135 Å². The molecule has 0 spiro atoms. The van der Waals surface area contributed by atoms with Crippen molar-refractivity contribution in [2.45, 2.75) is 20.8 Å². The third kappa shape index (κ3) is 4.46. The number of benzene rings is 1. The Kier molecular flexibility index (Phi) is 5.39. The standard InChI is InChI=1S/C17H20ClN3O/c1-11(2)8-20-15-6-13(9-19-10-15)17(22)21-16-7-14(18)5-4-12(16)3/h4-7,9-11,20H,8H2,1-3H3,(H,21,22). The highest BCUT2D eigenvalue weighted by Gasteiger charge is 2.09. The molecule has 0 aliphatic rings. The van der Waals surface area contributed by atoms with Crippen LogP contribution < -0.4 is 10.6 Å². The normalized spacial score (nSPS) is 10.6. The van der Waals surface area contributed by atoms with Gasteiger partial charge in [0.05, 0.1) is 11.3 Å². The maximum absolute atomic E-state index is 12.3. The van der Waals surface area contributed by atoms with Gasteiger partial charge >= 0.3 is 0 Å². The average Bonchev–Trinajstić information content (AvgIpc) is 2.49. The molecule has 1 aromatic heterocycles. The van der Waals surface area contributed by atoms with E-state index in [1.54, 1.807) is 30.6 Å². The molecular formula is C17H20ClN3O. The van der Waals surface area contributed by atoms with Crippen LogP contribution in [0.4, 0.5) is 11.4 Å². The van der Waals surface area contributed by atoms with Crippen molar-refractivity contribution in [3.05, 3.63) is 52.8 Å². The molecule has 0 aliphatic carbocycles. The average molecular weight is 318 g/mol. The van der Waals surface area contributed by atoms with Crippen molar-refractivity contribution in [3.63, 3.8) is 0 Å². The lowest BCUT2D eigenvalue weighted by molar-refractivity contribution is 0.102. The fourth-order valence-electron chi connectivity index (χ4n) is 1.91. The maximum Gasteiger partial charge on any atom is 0.257 e. The van der Waals surface area contributed by atoms with Crippen LogP contribution in [0.1, 0.15) is 29.8 Å². The van der Waals surface area contributed by atoms with E-state index in [4.69, 9.17) is 11.6 Å². The first-order valence-electron chi connectivity index (χ1n) is 7.22. The van der Waals surface area contributed by atoms with E-state index in [-0.39, 0.29) is 5.91 Å². The second-order valence-corrected chi connectivity index (χ2v) is 6.09. The Morgan fingerprint density at radius 3 is 2.77 bits per heavy atom. The van der Waals surface area contributed by atoms with Gasteiger partial charge in [-0.1, -0.05) is 31.5 Å². The Morgan fingerprint density at radius 2 is 2.05 bits per heavy atom. The van der Waals surface area contributed by atoms with Crippen LogP contribution in [0.5, 0.6) is 0 Å². The molecule has 0 bridgehead atoms. The van der Waals surface area contributed by atoms with Gasteiger partial charge in [0.1, 0.15) is 0 Å². The van der Waals surface area contributed by atoms with Gasteiger partial charge in [0.25, 0.3) is 5.91 Å². The van der Waals surface area contributed by atoms with Crippen LogP contribution in [-0.2, 0) is 0 Å². The Bertz CT molecular complexity index is 671. The topological polar surface area (TPSA) is 54.0 Å². The zero-order valence-electron chi connectivity index (χ0n) is 13.0. The Morgan fingerprint density at radius 1 is 1.27 bits per heavy atom. The second kappa shape index (κ2) is 7.27. The first-order valence-corrected chi connectivity index (χ1v) is 7.60. The number of carbonyl (C=O) groups excluding carboxylic acids is 1. The van der Waals surface area contributed by atoms with E-state index < -0.39 is 0 Å². The molecule has 0 aliphatic heterocycles. The van der Waals surface area contributed by atoms with E-state index >= 15 is 0 Å². The van der Waals surface area contributed by atoms with E-state index in [1.807, 2.05) is 13.0 Å². The summed E-state index contributed by atoms with van der Waals surface area (Å²) in [5.74, 6) is 0.317. The first-order chi connectivity index (χ1) is 10.5. The number of anilines is 2. The van der Waals surface area contributed by atoms with Gasteiger partial charge < -0.3 is 10.6 Å². The molecule has 5 heteroatoms. The molecule has 0 unspecified atom stereocenters. The number of hydrogen-bond donors (Lipinski definition) is 2. The number of aromatic nitrogens is 1. The Hall–Kier alpha value is -2.07. The van der Waals surface area contributed by atoms with Gasteiger partial charge in [-0.05, 0) is 36.6 Å². The second-order valence-electron chi connectivity index (χ2n) is 5.65. The number of amides is 1. The molecule has 1 aromatic carbocycles. The summed E-state index contributed by atoms with van der Waals surface area (Å²) in [5.41, 5.74) is 3.01. The molecule has 2 aromatic rings. The number of nitrogens with one attached hydrogen (secondary N) is 2. The van der Waals surface area contributed by atoms with Crippen molar-refractivity contribution in [1.29, 1.82) is 0 Å². The van der Waals surface area contributed by atoms with E-state index in [9.17, 15) is 4.79 Å². The monoisotopic (exact) mass is 317 g/mol. The third-order valence-electron chi connectivity index (χ3n) is 3.16. The summed E-state index contributed by atoms with van der Waals surface area (Å²) in [5, 5.41) is 6.72. The number of carbonyl (C=O) groups is 1. The first kappa shape index (κ1) is 16.3. The van der Waals surface area contributed by atoms with Gasteiger partial charge in [0, 0.05) is 29.6 Å². The molecule has 0 radical (unpaired) electrons. The lowest BCUT2D eigenvalue weighted by atomic mass is 10.2. The van der Waals surface area contributed by atoms with Gasteiger partial charge in [0.15, 0.2) is 0 Å². The largest absolute Gasteiger partial charge is 0.384 e. The van der Waals surface area contributed by atoms with Crippen molar-refractivity contribution in [1.82, 2.24) is 4.98 Å². The molecule has 1 heterocycles. The summed E-state index contributed by atoms with van der Waals surface area (Å²) in [6, 6.07) is 7.20. The number of pyridine rings is 1. The van der Waals surface area contributed by atoms with Crippen LogP contribution in [0.15, 0.2) is 36.7 Å². The molecule has 116 valence electrons. The fourth-order valence-corrected chi connectivity index (χ4v) is 2.08. The van der Waals surface area contributed by atoms with Crippen molar-refractivity contribution in [2.24, 2.45) is 5.92 Å². The Balaban J connectivity index is 2.12. The molecule has 0 atom stereocenters. The minimum Gasteiger partial charge on any atom is -0.384 e. The van der Waals surface area contributed by atoms with Crippen LogP contribution in [0.2, 0.25) is 5.02 Å². The van der Waals surface area contributed by atoms with Crippen molar-refractivity contribution < 1.29 is 4.79 Å². The summed E-state index contributed by atoms with van der Waals surface area (Å²) in [4.78, 5) is 16.5. The number of halogens is 1. The van der Waals surface area contributed by atoms with Crippen LogP contribution >= 0.6 is 11.6 Å². The summed E-state index contributed by atoms with van der Waals surface area (Å²) < 4.78 is 0. The van der Waals surface area contributed by atoms with Crippen LogP contribution in [0, 0.1) is 12.8 Å². The van der Waals surface area contributed by atoms with E-state index in [2.05, 4.69) is 29.5 Å². The molecule has 0 fully saturated rings. The van der Waals surface area contributed by atoms with E-state index in [0.29, 0.717) is 22.2 Å². The summed E-state index contributed by atoms with van der Waals surface area (Å²) in [6.45, 7) is 7.00. The number of hydrogen-bond acceptors (Lipinski definition) is 3. The number of rotatable bonds is 5. The minimum absolute atomic E-state index is 0.203. The number of nitrogens with zero attached hydrogens (tertiary/aromatic N) is 1. The van der Waals surface area contributed by atoms with Crippen molar-refractivity contribution >= 4 is 28.9 Å². The van der Waals surface area contributed by atoms with E-state index in [0.717, 1.165) is 17.8 Å². The zero-order chi connectivity index (χ0) is 16.1. The molecule has 4 nitrogen and oxygen atoms in total. The van der Waals surface area contributed by atoms with Crippen molar-refractivity contribution in [2.75, 3.05) is 17.2 Å². The van der Waals surface area contributed by atoms with Crippen LogP contribution in [-0.4, -0.2) is 17.4 Å². The van der Waals surface area contributed by atoms with Gasteiger partial charge in [-0.3, -0.25) is 9.78 Å². The third-order valence-corrected chi connectivity index (χ3v) is 3.40. The smallest absolute Gasteiger partial charge is 0.257 e. The van der Waals surface area contributed by atoms with Gasteiger partial charge in [-0.2, -0.15) is 0 Å². The molecule has 2 rings (SSSR count). The molecule has 22 heavy (non-hydrogen) atoms. The fraction of sp³-hybridized carbons (Fsp3) is 0.294. The van der Waals surface area contributed by atoms with Crippen molar-refractivity contribution in [3.8, 4) is 0 Å². The van der Waals surface area contributed by atoms with Gasteiger partial charge in [-0.25, -0.2) is 0 Å². The van der Waals surface area contributed by atoms with E-state index in [1.165, 1.54) is 0 Å². The highest BCUT2D eigenvalue weighted by molar-refractivity contribution is 6.31. The highest BCUT2D eigenvalue weighted by atomic mass is 35.5. The maximum atomic E-state index is 12.3. The lowest BCUT2D eigenvalue weighted by Gasteiger charge is -2.11. The van der Waals surface area contributed by atoms with Crippen LogP contribution in [0.25, 0.3) is 0 Å². The molecule has 0 saturated heterocycles.